The Morgan fingerprint density at radius 1 is 0.292 bits per heavy atom. The Labute approximate surface area is 530 Å². The molecule has 0 rings (SSSR count). The minimum absolute atomic E-state index is 0.0310. The predicted molar refractivity (Wildman–Crippen MR) is 342 cm³/mol. The number of hydrogen-bond acceptors (Lipinski definition) is 17. The van der Waals surface area contributed by atoms with E-state index in [1.165, 1.54) is 11.9 Å². The van der Waals surface area contributed by atoms with E-state index >= 15 is 0 Å². The number of carbonyl (C=O) groups is 14. The molecule has 7 N–H and O–H groups in total. The van der Waals surface area contributed by atoms with Gasteiger partial charge in [0.2, 0.25) is 41.4 Å². The highest BCUT2D eigenvalue weighted by atomic mass is 16.2. The first-order chi connectivity index (χ1) is 42.6. The van der Waals surface area contributed by atoms with Crippen LogP contribution in [-0.2, 0) is 67.1 Å². The molecule has 0 radical (unpaired) electrons. The lowest BCUT2D eigenvalue weighted by molar-refractivity contribution is -0.131. The number of unbranched alkanes of at least 4 members (excludes halogenated alkanes) is 12. The lowest BCUT2D eigenvalue weighted by Crippen LogP contribution is -2.48. The standard InChI is InChI=1S/C65H114N10O14/c1-8-50(76)30-22-18-26-38-68-63(87)46-74(48-65(89)71-41-29-25-33-56(57(81)11-4)75(44-52(78)10-3)49-61(85)67-7)47-64(88)70-40-28-19-27-39-69-62(86)45-73(43-54(80)32-21-16-17-24-35-60(84)66-6)42-53(79)31-20-14-13-15-23-34-58(82)55(72-59(83)12-5)37-36-51(77)9-2/h55-56H,8-49H2,1-7H3,(H,66,84)(H,67,85)(H,68,87)(H,69,86)(H,70,88)(H,71,89)(H,72,83)/t55-,56+/m0/s1. The first-order valence-corrected chi connectivity index (χ1v) is 33.2. The summed E-state index contributed by atoms with van der Waals surface area (Å²) in [7, 11) is 3.08. The summed E-state index contributed by atoms with van der Waals surface area (Å²) in [5.41, 5.74) is 0. The van der Waals surface area contributed by atoms with Gasteiger partial charge in [-0.15, -0.1) is 0 Å². The van der Waals surface area contributed by atoms with Crippen molar-refractivity contribution >= 4 is 81.8 Å². The second-order valence-electron chi connectivity index (χ2n) is 23.1. The van der Waals surface area contributed by atoms with Gasteiger partial charge in [-0.1, -0.05) is 73.1 Å². The Bertz CT molecular complexity index is 2160. The highest BCUT2D eigenvalue weighted by Gasteiger charge is 2.28. The third kappa shape index (κ3) is 45.7. The van der Waals surface area contributed by atoms with Crippen molar-refractivity contribution in [2.75, 3.05) is 92.6 Å². The maximum absolute atomic E-state index is 13.2. The first kappa shape index (κ1) is 82.9. The van der Waals surface area contributed by atoms with Gasteiger partial charge in [0, 0.05) is 111 Å². The second-order valence-corrected chi connectivity index (χ2v) is 23.1. The minimum atomic E-state index is -0.681. The highest BCUT2D eigenvalue weighted by Crippen LogP contribution is 2.15. The average molecular weight is 1260 g/mol. The lowest BCUT2D eigenvalue weighted by atomic mass is 9.98. The second kappa shape index (κ2) is 53.7. The van der Waals surface area contributed by atoms with Crippen molar-refractivity contribution in [2.45, 2.75) is 239 Å². The van der Waals surface area contributed by atoms with Gasteiger partial charge < -0.3 is 37.2 Å². The van der Waals surface area contributed by atoms with E-state index in [-0.39, 0.29) is 180 Å². The van der Waals surface area contributed by atoms with Crippen molar-refractivity contribution in [3.05, 3.63) is 0 Å². The molecule has 0 aromatic carbocycles. The molecular formula is C65H114N10O14. The third-order valence-corrected chi connectivity index (χ3v) is 15.3. The van der Waals surface area contributed by atoms with E-state index in [9.17, 15) is 67.1 Å². The Morgan fingerprint density at radius 3 is 1.11 bits per heavy atom. The maximum atomic E-state index is 13.2. The van der Waals surface area contributed by atoms with Gasteiger partial charge in [-0.2, -0.15) is 0 Å². The number of hydrogen-bond donors (Lipinski definition) is 7. The quantitative estimate of drug-likeness (QED) is 0.0413. The number of ketones is 7. The predicted octanol–water partition coefficient (Wildman–Crippen LogP) is 4.49. The van der Waals surface area contributed by atoms with Crippen LogP contribution in [0, 0.1) is 0 Å². The molecule has 2 atom stereocenters. The molecule has 0 bridgehead atoms. The number of amides is 7. The molecule has 0 saturated heterocycles. The van der Waals surface area contributed by atoms with E-state index in [4.69, 9.17) is 0 Å². The van der Waals surface area contributed by atoms with Crippen LogP contribution in [0.5, 0.6) is 0 Å². The van der Waals surface area contributed by atoms with Crippen LogP contribution in [0.1, 0.15) is 227 Å². The van der Waals surface area contributed by atoms with Crippen molar-refractivity contribution in [2.24, 2.45) is 0 Å². The van der Waals surface area contributed by atoms with Crippen LogP contribution in [-0.4, -0.2) is 201 Å². The zero-order chi connectivity index (χ0) is 66.6. The van der Waals surface area contributed by atoms with Crippen LogP contribution in [0.3, 0.4) is 0 Å². The van der Waals surface area contributed by atoms with Crippen LogP contribution < -0.4 is 37.2 Å². The summed E-state index contributed by atoms with van der Waals surface area (Å²) in [4.78, 5) is 181. The molecule has 0 spiro atoms. The fourth-order valence-electron chi connectivity index (χ4n) is 9.80. The Kier molecular flexibility index (Phi) is 50.0. The molecule has 0 aliphatic heterocycles. The summed E-state index contributed by atoms with van der Waals surface area (Å²) in [6, 6.07) is -1.33. The Balaban J connectivity index is 5.40. The van der Waals surface area contributed by atoms with E-state index in [1.54, 1.807) is 44.5 Å². The van der Waals surface area contributed by atoms with Crippen molar-refractivity contribution in [1.29, 1.82) is 0 Å². The number of nitrogens with zero attached hydrogens (tertiary/aromatic N) is 3. The maximum Gasteiger partial charge on any atom is 0.234 e. The van der Waals surface area contributed by atoms with Gasteiger partial charge in [0.25, 0.3) is 0 Å². The van der Waals surface area contributed by atoms with E-state index in [0.29, 0.717) is 116 Å². The molecule has 0 aliphatic rings. The molecule has 0 aliphatic carbocycles. The van der Waals surface area contributed by atoms with E-state index < -0.39 is 23.9 Å². The molecule has 0 unspecified atom stereocenters. The summed E-state index contributed by atoms with van der Waals surface area (Å²) in [6.45, 7) is 8.83. The van der Waals surface area contributed by atoms with E-state index in [0.717, 1.165) is 44.9 Å². The molecule has 0 saturated carbocycles. The SMILES string of the molecule is CCC(=O)CCCCCNC(=O)CN(CC(=O)NCCCCCNC(=O)CN(CC(=O)CCCCCCCC(=O)[C@H](CCC(=O)CC)NC(=O)CC)CC(=O)CCCCCCC(=O)NC)CC(=O)NCCCC[C@H](C(=O)CC)N(CC(=O)CC)CC(=O)NC. The van der Waals surface area contributed by atoms with Crippen molar-refractivity contribution in [3.63, 3.8) is 0 Å². The summed E-state index contributed by atoms with van der Waals surface area (Å²) in [6.07, 6.45) is 15.6. The topological polar surface area (TPSA) is 333 Å². The smallest absolute Gasteiger partial charge is 0.234 e. The number of carbonyl (C=O) groups excluding carboxylic acids is 14. The van der Waals surface area contributed by atoms with Gasteiger partial charge >= 0.3 is 0 Å². The molecule has 0 fully saturated rings. The summed E-state index contributed by atoms with van der Waals surface area (Å²) < 4.78 is 0. The van der Waals surface area contributed by atoms with Gasteiger partial charge in [0.1, 0.15) is 34.7 Å². The van der Waals surface area contributed by atoms with Crippen LogP contribution >= 0.6 is 0 Å². The van der Waals surface area contributed by atoms with Crippen molar-refractivity contribution < 1.29 is 67.1 Å². The van der Waals surface area contributed by atoms with Gasteiger partial charge in [-0.05, 0) is 83.5 Å². The molecule has 0 heterocycles. The van der Waals surface area contributed by atoms with Crippen LogP contribution in [0.25, 0.3) is 0 Å². The Hall–Kier alpha value is -6.14. The van der Waals surface area contributed by atoms with Gasteiger partial charge in [-0.3, -0.25) is 81.8 Å². The first-order valence-electron chi connectivity index (χ1n) is 33.2. The monoisotopic (exact) mass is 1260 g/mol. The average Bonchev–Trinajstić information content (AvgIpc) is 3.01. The summed E-state index contributed by atoms with van der Waals surface area (Å²) >= 11 is 0. The normalized spacial score (nSPS) is 11.8. The van der Waals surface area contributed by atoms with Crippen LogP contribution in [0.2, 0.25) is 0 Å². The zero-order valence-electron chi connectivity index (χ0n) is 55.4. The molecule has 0 aromatic heterocycles. The van der Waals surface area contributed by atoms with Crippen molar-refractivity contribution in [3.8, 4) is 0 Å². The molecule has 7 amide bonds. The molecule has 0 aromatic rings. The van der Waals surface area contributed by atoms with Gasteiger partial charge in [0.15, 0.2) is 5.78 Å². The van der Waals surface area contributed by atoms with Gasteiger partial charge in [-0.25, -0.2) is 0 Å². The third-order valence-electron chi connectivity index (χ3n) is 15.3. The lowest BCUT2D eigenvalue weighted by Gasteiger charge is -2.29. The molecular weight excluding hydrogens is 1140 g/mol. The summed E-state index contributed by atoms with van der Waals surface area (Å²) in [5.74, 6) is -2.35. The van der Waals surface area contributed by atoms with E-state index in [2.05, 4.69) is 37.2 Å². The highest BCUT2D eigenvalue weighted by molar-refractivity contribution is 5.90. The molecule has 508 valence electrons. The van der Waals surface area contributed by atoms with Crippen LogP contribution in [0.15, 0.2) is 0 Å². The molecule has 24 heteroatoms. The largest absolute Gasteiger partial charge is 0.359 e. The fourth-order valence-corrected chi connectivity index (χ4v) is 9.80. The number of nitrogens with one attached hydrogen (secondary N) is 7. The molecule has 89 heavy (non-hydrogen) atoms. The van der Waals surface area contributed by atoms with Gasteiger partial charge in [0.05, 0.1) is 64.4 Å². The Morgan fingerprint density at radius 2 is 0.674 bits per heavy atom. The van der Waals surface area contributed by atoms with E-state index in [1.807, 2.05) is 6.92 Å². The number of Topliss-reactive ketones (excluding diaryl/α,β-unsaturated/α-hetero) is 7. The molecule has 24 nitrogen and oxygen atoms in total. The van der Waals surface area contributed by atoms with Crippen LogP contribution in [0.4, 0.5) is 0 Å². The number of likely N-dealkylation sites (N-methyl/N-ethyl adjacent to an activating group) is 1. The van der Waals surface area contributed by atoms with Crippen molar-refractivity contribution in [1.82, 2.24) is 51.9 Å². The fraction of sp³-hybridized carbons (Fsp3) is 0.785. The number of rotatable bonds is 60. The summed E-state index contributed by atoms with van der Waals surface area (Å²) in [5, 5.41) is 19.3. The zero-order valence-corrected chi connectivity index (χ0v) is 55.4. The minimum Gasteiger partial charge on any atom is -0.359 e.